The highest BCUT2D eigenvalue weighted by Crippen LogP contribution is 2.08. The molecule has 0 atom stereocenters. The summed E-state index contributed by atoms with van der Waals surface area (Å²) < 4.78 is 0. The molecular weight excluding hydrogens is 240 g/mol. The van der Waals surface area contributed by atoms with Crippen LogP contribution in [0.4, 0.5) is 0 Å². The Morgan fingerprint density at radius 3 is 1.25 bits per heavy atom. The van der Waals surface area contributed by atoms with E-state index in [0.717, 1.165) is 0 Å². The summed E-state index contributed by atoms with van der Waals surface area (Å²) in [6.45, 7) is 4.54. The van der Waals surface area contributed by atoms with Gasteiger partial charge in [-0.1, -0.05) is 83.1 Å². The van der Waals surface area contributed by atoms with Crippen LogP contribution in [-0.4, -0.2) is 0 Å². The zero-order chi connectivity index (χ0) is 14.7. The standard InChI is InChI=1S/C20H38/c1-3-5-7-9-11-13-15-17-19-20-18-16-14-12-10-8-6-4-2/h9,11,18,20H,3-8,10,12-17,19H2,1-2H3. The van der Waals surface area contributed by atoms with E-state index in [2.05, 4.69) is 38.2 Å². The quantitative estimate of drug-likeness (QED) is 0.214. The fourth-order valence-electron chi connectivity index (χ4n) is 2.36. The van der Waals surface area contributed by atoms with Crippen LogP contribution >= 0.6 is 0 Å². The van der Waals surface area contributed by atoms with Gasteiger partial charge in [0.15, 0.2) is 0 Å². The molecule has 0 aliphatic carbocycles. The van der Waals surface area contributed by atoms with E-state index in [9.17, 15) is 0 Å². The van der Waals surface area contributed by atoms with Crippen molar-refractivity contribution in [1.82, 2.24) is 0 Å². The zero-order valence-electron chi connectivity index (χ0n) is 14.2. The molecule has 0 N–H and O–H groups in total. The minimum absolute atomic E-state index is 1.27. The van der Waals surface area contributed by atoms with Gasteiger partial charge in [-0.3, -0.25) is 0 Å². The van der Waals surface area contributed by atoms with E-state index in [-0.39, 0.29) is 0 Å². The molecule has 0 rings (SSSR count). The number of allylic oxidation sites excluding steroid dienone is 4. The molecule has 0 heteroatoms. The predicted octanol–water partition coefficient (Wildman–Crippen LogP) is 7.60. The summed E-state index contributed by atoms with van der Waals surface area (Å²) in [4.78, 5) is 0. The summed E-state index contributed by atoms with van der Waals surface area (Å²) in [6.07, 6.45) is 28.5. The van der Waals surface area contributed by atoms with Crippen molar-refractivity contribution in [3.8, 4) is 0 Å². The summed E-state index contributed by atoms with van der Waals surface area (Å²) in [7, 11) is 0. The highest BCUT2D eigenvalue weighted by molar-refractivity contribution is 4.83. The summed E-state index contributed by atoms with van der Waals surface area (Å²) in [6, 6.07) is 0. The minimum atomic E-state index is 1.27. The van der Waals surface area contributed by atoms with E-state index in [1.165, 1.54) is 89.9 Å². The van der Waals surface area contributed by atoms with Gasteiger partial charge in [0.25, 0.3) is 0 Å². The average molecular weight is 279 g/mol. The second kappa shape index (κ2) is 18.5. The van der Waals surface area contributed by atoms with E-state index in [4.69, 9.17) is 0 Å². The van der Waals surface area contributed by atoms with Gasteiger partial charge in [-0.2, -0.15) is 0 Å². The van der Waals surface area contributed by atoms with Gasteiger partial charge in [0.1, 0.15) is 0 Å². The Bertz CT molecular complexity index is 212. The fraction of sp³-hybridized carbons (Fsp3) is 0.800. The smallest absolute Gasteiger partial charge is 0.0351 e. The molecule has 0 saturated heterocycles. The lowest BCUT2D eigenvalue weighted by atomic mass is 10.1. The zero-order valence-corrected chi connectivity index (χ0v) is 14.2. The number of unbranched alkanes of at least 4 members (excludes halogenated alkanes) is 11. The number of rotatable bonds is 15. The van der Waals surface area contributed by atoms with Crippen LogP contribution in [0.2, 0.25) is 0 Å². The van der Waals surface area contributed by atoms with E-state index in [1.807, 2.05) is 0 Å². The molecule has 0 fully saturated rings. The summed E-state index contributed by atoms with van der Waals surface area (Å²) in [5, 5.41) is 0. The van der Waals surface area contributed by atoms with E-state index in [0.29, 0.717) is 0 Å². The van der Waals surface area contributed by atoms with Crippen LogP contribution in [-0.2, 0) is 0 Å². The Morgan fingerprint density at radius 2 is 0.750 bits per heavy atom. The molecule has 0 amide bonds. The van der Waals surface area contributed by atoms with Gasteiger partial charge in [0.2, 0.25) is 0 Å². The lowest BCUT2D eigenvalue weighted by Crippen LogP contribution is -1.78. The van der Waals surface area contributed by atoms with E-state index in [1.54, 1.807) is 0 Å². The molecule has 0 nitrogen and oxygen atoms in total. The largest absolute Gasteiger partial charge is 0.0885 e. The Labute approximate surface area is 128 Å². The SMILES string of the molecule is CCCCC=CCCCCC=CCCCCCCCC. The van der Waals surface area contributed by atoms with Crippen LogP contribution in [0.25, 0.3) is 0 Å². The van der Waals surface area contributed by atoms with Crippen LogP contribution in [0.1, 0.15) is 104 Å². The van der Waals surface area contributed by atoms with Gasteiger partial charge < -0.3 is 0 Å². The molecule has 0 aliphatic heterocycles. The van der Waals surface area contributed by atoms with Crippen molar-refractivity contribution >= 4 is 0 Å². The molecule has 0 aromatic heterocycles. The molecule has 118 valence electrons. The second-order valence-corrected chi connectivity index (χ2v) is 5.93. The lowest BCUT2D eigenvalue weighted by Gasteiger charge is -1.98. The fourth-order valence-corrected chi connectivity index (χ4v) is 2.36. The maximum atomic E-state index is 2.40. The number of hydrogen-bond acceptors (Lipinski definition) is 0. The van der Waals surface area contributed by atoms with Crippen molar-refractivity contribution in [2.45, 2.75) is 104 Å². The third kappa shape index (κ3) is 17.5. The molecule has 20 heavy (non-hydrogen) atoms. The highest BCUT2D eigenvalue weighted by atomic mass is 13.9. The third-order valence-corrected chi connectivity index (χ3v) is 3.77. The summed E-state index contributed by atoms with van der Waals surface area (Å²) >= 11 is 0. The average Bonchev–Trinajstić information content (AvgIpc) is 2.47. The van der Waals surface area contributed by atoms with Crippen LogP contribution in [0, 0.1) is 0 Å². The van der Waals surface area contributed by atoms with E-state index < -0.39 is 0 Å². The molecule has 0 heterocycles. The van der Waals surface area contributed by atoms with Crippen molar-refractivity contribution in [1.29, 1.82) is 0 Å². The summed E-state index contributed by atoms with van der Waals surface area (Å²) in [5.41, 5.74) is 0. The molecule has 0 aromatic carbocycles. The molecule has 0 saturated carbocycles. The van der Waals surface area contributed by atoms with Crippen molar-refractivity contribution in [2.75, 3.05) is 0 Å². The molecule has 0 aromatic rings. The van der Waals surface area contributed by atoms with Crippen molar-refractivity contribution in [2.24, 2.45) is 0 Å². The van der Waals surface area contributed by atoms with Crippen molar-refractivity contribution in [3.63, 3.8) is 0 Å². The van der Waals surface area contributed by atoms with Gasteiger partial charge in [-0.05, 0) is 44.9 Å². The Balaban J connectivity index is 3.10. The van der Waals surface area contributed by atoms with Crippen LogP contribution in [0.3, 0.4) is 0 Å². The molecule has 0 radical (unpaired) electrons. The van der Waals surface area contributed by atoms with Gasteiger partial charge in [-0.15, -0.1) is 0 Å². The van der Waals surface area contributed by atoms with Crippen molar-refractivity contribution in [3.05, 3.63) is 24.3 Å². The first-order valence-electron chi connectivity index (χ1n) is 9.21. The number of hydrogen-bond donors (Lipinski definition) is 0. The predicted molar refractivity (Wildman–Crippen MR) is 94.3 cm³/mol. The van der Waals surface area contributed by atoms with Gasteiger partial charge in [-0.25, -0.2) is 0 Å². The van der Waals surface area contributed by atoms with Crippen LogP contribution < -0.4 is 0 Å². The Kier molecular flexibility index (Phi) is 18.0. The topological polar surface area (TPSA) is 0 Å². The first-order chi connectivity index (χ1) is 9.91. The maximum absolute atomic E-state index is 2.40. The third-order valence-electron chi connectivity index (χ3n) is 3.77. The molecule has 0 aliphatic rings. The Morgan fingerprint density at radius 1 is 0.400 bits per heavy atom. The van der Waals surface area contributed by atoms with Crippen LogP contribution in [0.5, 0.6) is 0 Å². The first-order valence-corrected chi connectivity index (χ1v) is 9.21. The molecule has 0 spiro atoms. The maximum Gasteiger partial charge on any atom is -0.0351 e. The minimum Gasteiger partial charge on any atom is -0.0885 e. The highest BCUT2D eigenvalue weighted by Gasteiger charge is 1.88. The molecule has 0 bridgehead atoms. The first kappa shape index (κ1) is 19.5. The van der Waals surface area contributed by atoms with Gasteiger partial charge in [0.05, 0.1) is 0 Å². The second-order valence-electron chi connectivity index (χ2n) is 5.93. The molecule has 0 unspecified atom stereocenters. The van der Waals surface area contributed by atoms with Crippen molar-refractivity contribution < 1.29 is 0 Å². The van der Waals surface area contributed by atoms with Crippen LogP contribution in [0.15, 0.2) is 24.3 Å². The van der Waals surface area contributed by atoms with Gasteiger partial charge in [0, 0.05) is 0 Å². The normalized spacial score (nSPS) is 11.9. The lowest BCUT2D eigenvalue weighted by molar-refractivity contribution is 0.611. The molecular formula is C20H38. The summed E-state index contributed by atoms with van der Waals surface area (Å²) in [5.74, 6) is 0. The Hall–Kier alpha value is -0.520. The van der Waals surface area contributed by atoms with Gasteiger partial charge >= 0.3 is 0 Å². The van der Waals surface area contributed by atoms with E-state index >= 15 is 0 Å². The monoisotopic (exact) mass is 278 g/mol.